The van der Waals surface area contributed by atoms with Crippen LogP contribution in [0, 0.1) is 11.6 Å². The molecule has 0 bridgehead atoms. The van der Waals surface area contributed by atoms with Crippen LogP contribution in [-0.2, 0) is 14.3 Å². The van der Waals surface area contributed by atoms with Crippen molar-refractivity contribution in [2.24, 2.45) is 5.73 Å². The minimum Gasteiger partial charge on any atom is -0.380 e. The third kappa shape index (κ3) is 6.38. The maximum atomic E-state index is 13.5. The zero-order chi connectivity index (χ0) is 17.4. The summed E-state index contributed by atoms with van der Waals surface area (Å²) in [6.07, 6.45) is -0.411. The lowest BCUT2D eigenvalue weighted by atomic mass is 10.2. The van der Waals surface area contributed by atoms with Crippen molar-refractivity contribution in [3.8, 4) is 0 Å². The molecular weight excluding hydrogens is 344 g/mol. The first-order valence-electron chi connectivity index (χ1n) is 7.17. The summed E-state index contributed by atoms with van der Waals surface area (Å²) in [5, 5.41) is 2.14. The minimum atomic E-state index is -0.879. The number of likely N-dealkylation sites (N-methyl/N-ethyl adjacent to an activating group) is 1. The summed E-state index contributed by atoms with van der Waals surface area (Å²) in [6.45, 7) is 1.82. The van der Waals surface area contributed by atoms with E-state index in [9.17, 15) is 18.4 Å². The average Bonchev–Trinajstić information content (AvgIpc) is 2.53. The molecule has 1 atom stereocenters. The highest BCUT2D eigenvalue weighted by molar-refractivity contribution is 5.94. The van der Waals surface area contributed by atoms with Crippen LogP contribution in [0.25, 0.3) is 0 Å². The van der Waals surface area contributed by atoms with E-state index in [4.69, 9.17) is 10.5 Å². The molecule has 1 aromatic rings. The first-order chi connectivity index (χ1) is 10.9. The number of hydrogen-bond acceptors (Lipinski definition) is 4. The number of halogens is 3. The summed E-state index contributed by atoms with van der Waals surface area (Å²) < 4.78 is 32.0. The fourth-order valence-corrected chi connectivity index (χ4v) is 1.93. The first-order valence-corrected chi connectivity index (χ1v) is 7.17. The van der Waals surface area contributed by atoms with Crippen LogP contribution >= 0.6 is 12.4 Å². The van der Waals surface area contributed by atoms with Gasteiger partial charge in [-0.15, -0.1) is 12.4 Å². The maximum absolute atomic E-state index is 13.5. The first kappa shape index (κ1) is 22.2. The Kier molecular flexibility index (Phi) is 10.1. The Bertz CT molecular complexity index is 537. The van der Waals surface area contributed by atoms with E-state index in [1.165, 1.54) is 18.1 Å². The molecule has 0 aliphatic carbocycles. The lowest BCUT2D eigenvalue weighted by Crippen LogP contribution is -2.40. The van der Waals surface area contributed by atoms with Gasteiger partial charge >= 0.3 is 0 Å². The topological polar surface area (TPSA) is 84.7 Å². The number of ether oxygens (including phenoxy) is 1. The summed E-state index contributed by atoms with van der Waals surface area (Å²) in [7, 11) is 1.44. The SMILES string of the molecule is CCN(CC(=O)Nc1c(F)cccc1F)C(=O)CC(CN)OC.Cl. The van der Waals surface area contributed by atoms with Crippen molar-refractivity contribution >= 4 is 29.9 Å². The number of para-hydroxylation sites is 1. The smallest absolute Gasteiger partial charge is 0.244 e. The van der Waals surface area contributed by atoms with Gasteiger partial charge in [-0.2, -0.15) is 0 Å². The number of anilines is 1. The van der Waals surface area contributed by atoms with Gasteiger partial charge in [-0.1, -0.05) is 6.07 Å². The molecule has 1 unspecified atom stereocenters. The molecule has 0 heterocycles. The number of nitrogens with zero attached hydrogens (tertiary/aromatic N) is 1. The lowest BCUT2D eigenvalue weighted by Gasteiger charge is -2.22. The van der Waals surface area contributed by atoms with Gasteiger partial charge in [0.15, 0.2) is 0 Å². The number of hydrogen-bond donors (Lipinski definition) is 2. The molecule has 0 aromatic heterocycles. The van der Waals surface area contributed by atoms with Gasteiger partial charge in [-0.3, -0.25) is 9.59 Å². The Morgan fingerprint density at radius 1 is 1.33 bits per heavy atom. The highest BCUT2D eigenvalue weighted by atomic mass is 35.5. The van der Waals surface area contributed by atoms with Gasteiger partial charge in [0, 0.05) is 20.2 Å². The van der Waals surface area contributed by atoms with Crippen LogP contribution in [0.3, 0.4) is 0 Å². The molecule has 0 aliphatic rings. The Hall–Kier alpha value is -1.77. The van der Waals surface area contributed by atoms with Crippen molar-refractivity contribution in [1.29, 1.82) is 0 Å². The van der Waals surface area contributed by atoms with Gasteiger partial charge in [0.05, 0.1) is 19.1 Å². The molecule has 24 heavy (non-hydrogen) atoms. The summed E-state index contributed by atoms with van der Waals surface area (Å²) in [5.41, 5.74) is 4.92. The van der Waals surface area contributed by atoms with Gasteiger partial charge in [0.25, 0.3) is 0 Å². The number of benzene rings is 1. The van der Waals surface area contributed by atoms with Crippen LogP contribution in [0.4, 0.5) is 14.5 Å². The third-order valence-corrected chi connectivity index (χ3v) is 3.29. The summed E-state index contributed by atoms with van der Waals surface area (Å²) in [5.74, 6) is -2.77. The van der Waals surface area contributed by atoms with E-state index in [1.807, 2.05) is 0 Å². The van der Waals surface area contributed by atoms with E-state index < -0.39 is 29.3 Å². The van der Waals surface area contributed by atoms with E-state index in [2.05, 4.69) is 5.32 Å². The van der Waals surface area contributed by atoms with Crippen LogP contribution in [0.5, 0.6) is 0 Å². The fourth-order valence-electron chi connectivity index (χ4n) is 1.93. The molecule has 0 spiro atoms. The predicted octanol–water partition coefficient (Wildman–Crippen LogP) is 1.54. The highest BCUT2D eigenvalue weighted by Crippen LogP contribution is 2.17. The van der Waals surface area contributed by atoms with Crippen LogP contribution in [0.2, 0.25) is 0 Å². The lowest BCUT2D eigenvalue weighted by molar-refractivity contribution is -0.136. The second kappa shape index (κ2) is 10.9. The molecule has 0 saturated heterocycles. The molecule has 136 valence electrons. The van der Waals surface area contributed by atoms with E-state index in [0.29, 0.717) is 0 Å². The molecule has 6 nitrogen and oxygen atoms in total. The van der Waals surface area contributed by atoms with E-state index >= 15 is 0 Å². The van der Waals surface area contributed by atoms with Crippen LogP contribution in [0.1, 0.15) is 13.3 Å². The molecule has 0 saturated carbocycles. The second-order valence-corrected chi connectivity index (χ2v) is 4.85. The standard InChI is InChI=1S/C15H21F2N3O3.ClH/c1-3-20(14(22)7-10(8-18)23-2)9-13(21)19-15-11(16)5-4-6-12(15)17;/h4-6,10H,3,7-9,18H2,1-2H3,(H,19,21);1H. The number of rotatable bonds is 8. The average molecular weight is 366 g/mol. The third-order valence-electron chi connectivity index (χ3n) is 3.29. The van der Waals surface area contributed by atoms with Gasteiger partial charge < -0.3 is 20.7 Å². The summed E-state index contributed by atoms with van der Waals surface area (Å²) >= 11 is 0. The van der Waals surface area contributed by atoms with Gasteiger partial charge in [0.1, 0.15) is 17.3 Å². The number of carbonyl (C=O) groups is 2. The van der Waals surface area contributed by atoms with E-state index in [0.717, 1.165) is 12.1 Å². The monoisotopic (exact) mass is 365 g/mol. The quantitative estimate of drug-likeness (QED) is 0.731. The maximum Gasteiger partial charge on any atom is 0.244 e. The molecule has 0 fully saturated rings. The molecule has 9 heteroatoms. The van der Waals surface area contributed by atoms with Crippen molar-refractivity contribution in [2.45, 2.75) is 19.4 Å². The van der Waals surface area contributed by atoms with Crippen LogP contribution in [0.15, 0.2) is 18.2 Å². The van der Waals surface area contributed by atoms with Crippen molar-refractivity contribution < 1.29 is 23.1 Å². The van der Waals surface area contributed by atoms with Crippen LogP contribution in [-0.4, -0.2) is 49.6 Å². The molecule has 2 amide bonds. The molecule has 1 rings (SSSR count). The van der Waals surface area contributed by atoms with E-state index in [-0.39, 0.29) is 44.4 Å². The zero-order valence-electron chi connectivity index (χ0n) is 13.6. The molecule has 0 radical (unpaired) electrons. The Labute approximate surface area is 145 Å². The number of nitrogens with one attached hydrogen (secondary N) is 1. The summed E-state index contributed by atoms with van der Waals surface area (Å²) in [6, 6.07) is 3.26. The highest BCUT2D eigenvalue weighted by Gasteiger charge is 2.20. The van der Waals surface area contributed by atoms with Gasteiger partial charge in [-0.05, 0) is 19.1 Å². The summed E-state index contributed by atoms with van der Waals surface area (Å²) in [4.78, 5) is 25.3. The Balaban J connectivity index is 0.00000529. The second-order valence-electron chi connectivity index (χ2n) is 4.85. The number of methoxy groups -OCH3 is 1. The van der Waals surface area contributed by atoms with E-state index in [1.54, 1.807) is 6.92 Å². The normalized spacial score (nSPS) is 11.4. The van der Waals surface area contributed by atoms with Crippen molar-refractivity contribution in [2.75, 3.05) is 32.1 Å². The minimum absolute atomic E-state index is 0. The largest absolute Gasteiger partial charge is 0.380 e. The van der Waals surface area contributed by atoms with Gasteiger partial charge in [0.2, 0.25) is 11.8 Å². The molecule has 3 N–H and O–H groups in total. The van der Waals surface area contributed by atoms with Crippen molar-refractivity contribution in [3.63, 3.8) is 0 Å². The van der Waals surface area contributed by atoms with Crippen LogP contribution < -0.4 is 11.1 Å². The Morgan fingerprint density at radius 2 is 1.92 bits per heavy atom. The predicted molar refractivity (Wildman–Crippen MR) is 89.0 cm³/mol. The van der Waals surface area contributed by atoms with Crippen molar-refractivity contribution in [3.05, 3.63) is 29.8 Å². The Morgan fingerprint density at radius 3 is 2.38 bits per heavy atom. The number of nitrogens with two attached hydrogens (primary N) is 1. The fraction of sp³-hybridized carbons (Fsp3) is 0.467. The van der Waals surface area contributed by atoms with Crippen molar-refractivity contribution in [1.82, 2.24) is 4.90 Å². The molecular formula is C15H22ClF2N3O3. The molecule has 0 aliphatic heterocycles. The zero-order valence-corrected chi connectivity index (χ0v) is 14.4. The number of amides is 2. The number of carbonyl (C=O) groups excluding carboxylic acids is 2. The molecule has 1 aromatic carbocycles. The van der Waals surface area contributed by atoms with Gasteiger partial charge in [-0.25, -0.2) is 8.78 Å².